The minimum Gasteiger partial charge on any atom is -0.373 e. The van der Waals surface area contributed by atoms with Gasteiger partial charge in [0.15, 0.2) is 0 Å². The zero-order valence-corrected chi connectivity index (χ0v) is 18.1. The van der Waals surface area contributed by atoms with Gasteiger partial charge in [-0.05, 0) is 43.0 Å². The smallest absolute Gasteiger partial charge is 0.229 e. The van der Waals surface area contributed by atoms with Gasteiger partial charge in [0.05, 0.1) is 36.7 Å². The molecule has 0 radical (unpaired) electrons. The van der Waals surface area contributed by atoms with Crippen molar-refractivity contribution in [3.05, 3.63) is 59.7 Å². The summed E-state index contributed by atoms with van der Waals surface area (Å²) in [6, 6.07) is 15.4. The number of piperidine rings is 1. The standard InChI is InChI=1S/C24H29FN4O2/c1-24(25,16-31-14-17-7-4-3-5-8-17)15-29-21-11-10-18(13-20(21)27-23(29)26)19-9-6-12-28(2)22(19)30/h3-5,7-8,10-11,13,19H,6,9,12,14-16H2,1-2H3,(H2,26,27). The van der Waals surface area contributed by atoms with E-state index in [4.69, 9.17) is 10.5 Å². The van der Waals surface area contributed by atoms with E-state index in [0.717, 1.165) is 36.0 Å². The Balaban J connectivity index is 1.48. The zero-order chi connectivity index (χ0) is 22.0. The maximum atomic E-state index is 15.2. The third-order valence-electron chi connectivity index (χ3n) is 5.87. The number of ether oxygens (including phenoxy) is 1. The van der Waals surface area contributed by atoms with E-state index >= 15 is 4.39 Å². The largest absolute Gasteiger partial charge is 0.373 e. The second kappa shape index (κ2) is 8.67. The van der Waals surface area contributed by atoms with Crippen molar-refractivity contribution in [3.63, 3.8) is 0 Å². The van der Waals surface area contributed by atoms with Crippen molar-refractivity contribution in [1.82, 2.24) is 14.5 Å². The second-order valence-electron chi connectivity index (χ2n) is 8.65. The van der Waals surface area contributed by atoms with E-state index in [9.17, 15) is 4.79 Å². The monoisotopic (exact) mass is 424 g/mol. The van der Waals surface area contributed by atoms with E-state index in [0.29, 0.717) is 12.1 Å². The Hall–Kier alpha value is -2.93. The molecule has 31 heavy (non-hydrogen) atoms. The van der Waals surface area contributed by atoms with Crippen molar-refractivity contribution in [3.8, 4) is 0 Å². The van der Waals surface area contributed by atoms with Crippen LogP contribution in [0.4, 0.5) is 10.3 Å². The van der Waals surface area contributed by atoms with Gasteiger partial charge in [-0.2, -0.15) is 0 Å². The molecule has 6 nitrogen and oxygen atoms in total. The summed E-state index contributed by atoms with van der Waals surface area (Å²) in [6.07, 6.45) is 1.80. The van der Waals surface area contributed by atoms with Crippen molar-refractivity contribution < 1.29 is 13.9 Å². The first-order valence-corrected chi connectivity index (χ1v) is 10.7. The molecule has 0 bridgehead atoms. The van der Waals surface area contributed by atoms with E-state index in [1.54, 1.807) is 9.47 Å². The van der Waals surface area contributed by atoms with Crippen molar-refractivity contribution in [1.29, 1.82) is 0 Å². The van der Waals surface area contributed by atoms with Crippen LogP contribution in [0.2, 0.25) is 0 Å². The van der Waals surface area contributed by atoms with Crippen LogP contribution in [0.3, 0.4) is 0 Å². The molecule has 0 spiro atoms. The minimum atomic E-state index is -1.61. The number of fused-ring (bicyclic) bond motifs is 1. The molecule has 1 aromatic heterocycles. The van der Waals surface area contributed by atoms with Crippen LogP contribution in [0.5, 0.6) is 0 Å². The van der Waals surface area contributed by atoms with Gasteiger partial charge >= 0.3 is 0 Å². The second-order valence-corrected chi connectivity index (χ2v) is 8.65. The van der Waals surface area contributed by atoms with Gasteiger partial charge in [-0.1, -0.05) is 36.4 Å². The highest BCUT2D eigenvalue weighted by atomic mass is 19.1. The molecule has 1 aliphatic heterocycles. The number of hydrogen-bond acceptors (Lipinski definition) is 4. The summed E-state index contributed by atoms with van der Waals surface area (Å²) in [5, 5.41) is 0. The molecular weight excluding hydrogens is 395 g/mol. The van der Waals surface area contributed by atoms with Gasteiger partial charge in [-0.3, -0.25) is 4.79 Å². The molecule has 2 unspecified atom stereocenters. The van der Waals surface area contributed by atoms with Gasteiger partial charge in [0.25, 0.3) is 0 Å². The molecule has 1 amide bonds. The van der Waals surface area contributed by atoms with E-state index < -0.39 is 5.67 Å². The van der Waals surface area contributed by atoms with E-state index in [1.165, 1.54) is 6.92 Å². The van der Waals surface area contributed by atoms with Crippen LogP contribution in [0.25, 0.3) is 11.0 Å². The number of benzene rings is 2. The van der Waals surface area contributed by atoms with E-state index in [2.05, 4.69) is 4.98 Å². The predicted molar refractivity (Wildman–Crippen MR) is 119 cm³/mol. The van der Waals surface area contributed by atoms with Crippen molar-refractivity contribution in [2.75, 3.05) is 25.9 Å². The molecule has 2 atom stereocenters. The SMILES string of the molecule is CN1CCCC(c2ccc3c(c2)nc(N)n3CC(C)(F)COCc2ccccc2)C1=O. The summed E-state index contributed by atoms with van der Waals surface area (Å²) in [5.74, 6) is 0.225. The first-order valence-electron chi connectivity index (χ1n) is 10.7. The lowest BCUT2D eigenvalue weighted by Crippen LogP contribution is -2.36. The summed E-state index contributed by atoms with van der Waals surface area (Å²) in [5.41, 5.74) is 7.88. The number of imidazole rings is 1. The Morgan fingerprint density at radius 1 is 1.26 bits per heavy atom. The molecule has 0 saturated carbocycles. The number of nitrogens with two attached hydrogens (primary N) is 1. The molecule has 2 N–H and O–H groups in total. The lowest BCUT2D eigenvalue weighted by Gasteiger charge is -2.29. The van der Waals surface area contributed by atoms with E-state index in [-0.39, 0.29) is 30.9 Å². The Morgan fingerprint density at radius 3 is 2.81 bits per heavy atom. The quantitative estimate of drug-likeness (QED) is 0.624. The van der Waals surface area contributed by atoms with Crippen LogP contribution in [0.15, 0.2) is 48.5 Å². The zero-order valence-electron chi connectivity index (χ0n) is 18.1. The number of hydrogen-bond donors (Lipinski definition) is 1. The Morgan fingerprint density at radius 2 is 2.03 bits per heavy atom. The number of carbonyl (C=O) groups is 1. The first kappa shape index (κ1) is 21.3. The average molecular weight is 425 g/mol. The van der Waals surface area contributed by atoms with E-state index in [1.807, 2.05) is 55.6 Å². The number of alkyl halides is 1. The fourth-order valence-electron chi connectivity index (χ4n) is 4.22. The van der Waals surface area contributed by atoms with Crippen LogP contribution < -0.4 is 5.73 Å². The van der Waals surface area contributed by atoms with Gasteiger partial charge in [-0.25, -0.2) is 9.37 Å². The van der Waals surface area contributed by atoms with Crippen molar-refractivity contribution >= 4 is 22.9 Å². The molecule has 1 fully saturated rings. The number of carbonyl (C=O) groups excluding carboxylic acids is 1. The fourth-order valence-corrected chi connectivity index (χ4v) is 4.22. The number of amides is 1. The normalized spacial score (nSPS) is 19.0. The molecule has 2 heterocycles. The molecule has 1 aliphatic rings. The van der Waals surface area contributed by atoms with Gasteiger partial charge in [0.1, 0.15) is 5.67 Å². The average Bonchev–Trinajstić information content (AvgIpc) is 3.04. The number of rotatable bonds is 7. The highest BCUT2D eigenvalue weighted by molar-refractivity contribution is 5.86. The summed E-state index contributed by atoms with van der Waals surface area (Å²) in [6.45, 7) is 2.64. The Kier molecular flexibility index (Phi) is 5.96. The highest BCUT2D eigenvalue weighted by Gasteiger charge is 2.29. The number of nitrogens with zero attached hydrogens (tertiary/aromatic N) is 3. The van der Waals surface area contributed by atoms with Crippen LogP contribution in [0, 0.1) is 0 Å². The van der Waals surface area contributed by atoms with Gasteiger partial charge in [0.2, 0.25) is 11.9 Å². The fraction of sp³-hybridized carbons (Fsp3) is 0.417. The number of likely N-dealkylation sites (tertiary alicyclic amines) is 1. The molecule has 1 saturated heterocycles. The van der Waals surface area contributed by atoms with Crippen LogP contribution in [-0.2, 0) is 22.7 Å². The maximum Gasteiger partial charge on any atom is 0.229 e. The highest BCUT2D eigenvalue weighted by Crippen LogP contribution is 2.31. The van der Waals surface area contributed by atoms with Gasteiger partial charge < -0.3 is 19.9 Å². The lowest BCUT2D eigenvalue weighted by molar-refractivity contribution is -0.133. The molecule has 4 rings (SSSR count). The Bertz CT molecular complexity index is 1060. The number of aromatic nitrogens is 2. The molecule has 7 heteroatoms. The van der Waals surface area contributed by atoms with Crippen molar-refractivity contribution in [2.45, 2.75) is 44.5 Å². The van der Waals surface area contributed by atoms with Crippen LogP contribution in [0.1, 0.15) is 36.8 Å². The summed E-state index contributed by atoms with van der Waals surface area (Å²) in [7, 11) is 1.84. The van der Waals surface area contributed by atoms with Gasteiger partial charge in [-0.15, -0.1) is 0 Å². The molecule has 2 aromatic carbocycles. The third kappa shape index (κ3) is 4.71. The topological polar surface area (TPSA) is 73.4 Å². The third-order valence-corrected chi connectivity index (χ3v) is 5.87. The number of halogens is 1. The van der Waals surface area contributed by atoms with Crippen LogP contribution in [-0.4, -0.2) is 46.2 Å². The van der Waals surface area contributed by atoms with Gasteiger partial charge in [0, 0.05) is 13.6 Å². The summed E-state index contributed by atoms with van der Waals surface area (Å²) in [4.78, 5) is 18.7. The molecular formula is C24H29FN4O2. The molecule has 164 valence electrons. The summed E-state index contributed by atoms with van der Waals surface area (Å²) >= 11 is 0. The number of nitrogen functional groups attached to an aromatic ring is 1. The predicted octanol–water partition coefficient (Wildman–Crippen LogP) is 3.90. The lowest BCUT2D eigenvalue weighted by atomic mass is 9.90. The molecule has 3 aromatic rings. The maximum absolute atomic E-state index is 15.2. The summed E-state index contributed by atoms with van der Waals surface area (Å²) < 4.78 is 22.5. The Labute approximate surface area is 181 Å². The van der Waals surface area contributed by atoms with Crippen LogP contribution >= 0.6 is 0 Å². The van der Waals surface area contributed by atoms with Crippen molar-refractivity contribution in [2.24, 2.45) is 0 Å². The number of likely N-dealkylation sites (N-methyl/N-ethyl adjacent to an activating group) is 1. The number of anilines is 1. The first-order chi connectivity index (χ1) is 14.8. The minimum absolute atomic E-state index is 0.0363. The molecule has 0 aliphatic carbocycles.